The number of nitrogens with one attached hydrogen (secondary N) is 1. The number of hydrogen-bond donors (Lipinski definition) is 1. The molecule has 0 saturated carbocycles. The van der Waals surface area contributed by atoms with Gasteiger partial charge in [-0.3, -0.25) is 9.69 Å². The van der Waals surface area contributed by atoms with Gasteiger partial charge < -0.3 is 10.1 Å². The van der Waals surface area contributed by atoms with E-state index in [1.54, 1.807) is 31.2 Å². The minimum absolute atomic E-state index is 0.157. The third-order valence-electron chi connectivity index (χ3n) is 5.55. The molecule has 0 aromatic heterocycles. The second kappa shape index (κ2) is 10.1. The molecule has 3 rings (SSSR count). The molecule has 1 N–H and O–H groups in total. The number of nitrogens with zero attached hydrogens (tertiary/aromatic N) is 2. The average molecular weight is 392 g/mol. The number of nitriles is 1. The van der Waals surface area contributed by atoms with Crippen LogP contribution in [0.25, 0.3) is 0 Å². The van der Waals surface area contributed by atoms with E-state index in [2.05, 4.69) is 41.4 Å². The number of carbonyl (C=O) groups is 1. The quantitative estimate of drug-likeness (QED) is 0.774. The smallest absolute Gasteiger partial charge is 0.261 e. The highest BCUT2D eigenvalue weighted by molar-refractivity contribution is 5.80. The standard InChI is InChI=1S/C24H29N3O2/c1-18-7-5-6-14-27(18)17-22-9-4-3-8-21(22)16-26-24(28)19(2)29-23-12-10-20(15-25)11-13-23/h3-4,8-13,18-19H,5-7,14,16-17H2,1-2H3,(H,26,28)/t18-,19-/m1/s1. The summed E-state index contributed by atoms with van der Waals surface area (Å²) in [4.78, 5) is 15.0. The molecule has 0 radical (unpaired) electrons. The van der Waals surface area contributed by atoms with Gasteiger partial charge in [0.2, 0.25) is 0 Å². The molecule has 1 aliphatic heterocycles. The van der Waals surface area contributed by atoms with Gasteiger partial charge in [0.25, 0.3) is 5.91 Å². The molecular weight excluding hydrogens is 362 g/mol. The molecule has 1 heterocycles. The van der Waals surface area contributed by atoms with Crippen molar-refractivity contribution < 1.29 is 9.53 Å². The van der Waals surface area contributed by atoms with Crippen molar-refractivity contribution in [3.8, 4) is 11.8 Å². The Morgan fingerprint density at radius 2 is 1.93 bits per heavy atom. The Kier molecular flexibility index (Phi) is 7.26. The van der Waals surface area contributed by atoms with E-state index >= 15 is 0 Å². The monoisotopic (exact) mass is 391 g/mol. The van der Waals surface area contributed by atoms with Crippen molar-refractivity contribution in [2.45, 2.75) is 58.3 Å². The van der Waals surface area contributed by atoms with E-state index in [1.807, 2.05) is 6.07 Å². The summed E-state index contributed by atoms with van der Waals surface area (Å²) in [5, 5.41) is 11.9. The number of rotatable bonds is 7. The summed E-state index contributed by atoms with van der Waals surface area (Å²) < 4.78 is 5.70. The molecule has 0 spiro atoms. The van der Waals surface area contributed by atoms with Crippen molar-refractivity contribution in [1.82, 2.24) is 10.2 Å². The molecule has 152 valence electrons. The molecule has 0 aliphatic carbocycles. The Bertz CT molecular complexity index is 857. The first kappa shape index (κ1) is 20.9. The van der Waals surface area contributed by atoms with Crippen LogP contribution in [-0.2, 0) is 17.9 Å². The molecule has 0 bridgehead atoms. The van der Waals surface area contributed by atoms with Gasteiger partial charge in [-0.2, -0.15) is 5.26 Å². The zero-order valence-corrected chi connectivity index (χ0v) is 17.2. The fourth-order valence-corrected chi connectivity index (χ4v) is 3.69. The number of carbonyl (C=O) groups excluding carboxylic acids is 1. The van der Waals surface area contributed by atoms with Crippen LogP contribution in [0.15, 0.2) is 48.5 Å². The first-order valence-electron chi connectivity index (χ1n) is 10.3. The van der Waals surface area contributed by atoms with Crippen LogP contribution in [0.4, 0.5) is 0 Å². The first-order valence-corrected chi connectivity index (χ1v) is 10.3. The lowest BCUT2D eigenvalue weighted by atomic mass is 10.0. The van der Waals surface area contributed by atoms with Gasteiger partial charge in [0.05, 0.1) is 11.6 Å². The normalized spacial score (nSPS) is 17.9. The molecule has 0 unspecified atom stereocenters. The Morgan fingerprint density at radius 3 is 2.62 bits per heavy atom. The maximum Gasteiger partial charge on any atom is 0.261 e. The van der Waals surface area contributed by atoms with Crippen LogP contribution in [0.2, 0.25) is 0 Å². The maximum absolute atomic E-state index is 12.5. The van der Waals surface area contributed by atoms with Crippen LogP contribution in [0.3, 0.4) is 0 Å². The fourth-order valence-electron chi connectivity index (χ4n) is 3.69. The van der Waals surface area contributed by atoms with Crippen LogP contribution in [0, 0.1) is 11.3 Å². The number of hydrogen-bond acceptors (Lipinski definition) is 4. The van der Waals surface area contributed by atoms with E-state index in [9.17, 15) is 4.79 Å². The zero-order chi connectivity index (χ0) is 20.6. The predicted octanol–water partition coefficient (Wildman–Crippen LogP) is 4.02. The van der Waals surface area contributed by atoms with Gasteiger partial charge in [0, 0.05) is 19.1 Å². The minimum Gasteiger partial charge on any atom is -0.481 e. The summed E-state index contributed by atoms with van der Waals surface area (Å²) in [6.07, 6.45) is 3.21. The molecule has 1 aliphatic rings. The molecule has 2 aromatic rings. The van der Waals surface area contributed by atoms with E-state index in [0.29, 0.717) is 23.9 Å². The van der Waals surface area contributed by atoms with Crippen molar-refractivity contribution >= 4 is 5.91 Å². The van der Waals surface area contributed by atoms with Gasteiger partial charge in [0.15, 0.2) is 6.10 Å². The molecule has 1 amide bonds. The van der Waals surface area contributed by atoms with Gasteiger partial charge in [-0.05, 0) is 68.6 Å². The minimum atomic E-state index is -0.614. The average Bonchev–Trinajstić information content (AvgIpc) is 2.75. The summed E-state index contributed by atoms with van der Waals surface area (Å²) >= 11 is 0. The Hall–Kier alpha value is -2.84. The summed E-state index contributed by atoms with van der Waals surface area (Å²) in [5.41, 5.74) is 2.97. The summed E-state index contributed by atoms with van der Waals surface area (Å²) in [6, 6.07) is 17.7. The Labute approximate surface area is 173 Å². The number of piperidine rings is 1. The van der Waals surface area contributed by atoms with E-state index in [4.69, 9.17) is 10.00 Å². The highest BCUT2D eigenvalue weighted by atomic mass is 16.5. The molecule has 2 aromatic carbocycles. The number of benzene rings is 2. The van der Waals surface area contributed by atoms with Crippen LogP contribution < -0.4 is 10.1 Å². The van der Waals surface area contributed by atoms with Crippen LogP contribution >= 0.6 is 0 Å². The Balaban J connectivity index is 1.56. The van der Waals surface area contributed by atoms with E-state index < -0.39 is 6.10 Å². The Morgan fingerprint density at radius 1 is 1.21 bits per heavy atom. The SMILES string of the molecule is C[C@@H]1CCCCN1Cc1ccccc1CNC(=O)[C@@H](C)Oc1ccc(C#N)cc1. The third-order valence-corrected chi connectivity index (χ3v) is 5.55. The topological polar surface area (TPSA) is 65.4 Å². The molecule has 29 heavy (non-hydrogen) atoms. The molecule has 5 heteroatoms. The molecule has 5 nitrogen and oxygen atoms in total. The van der Waals surface area contributed by atoms with Crippen molar-refractivity contribution in [2.24, 2.45) is 0 Å². The van der Waals surface area contributed by atoms with Gasteiger partial charge in [-0.25, -0.2) is 0 Å². The second-order valence-electron chi connectivity index (χ2n) is 7.70. The van der Waals surface area contributed by atoms with E-state index in [0.717, 1.165) is 18.7 Å². The maximum atomic E-state index is 12.5. The highest BCUT2D eigenvalue weighted by Crippen LogP contribution is 2.21. The van der Waals surface area contributed by atoms with E-state index in [1.165, 1.54) is 24.8 Å². The van der Waals surface area contributed by atoms with Crippen molar-refractivity contribution in [3.05, 3.63) is 65.2 Å². The second-order valence-corrected chi connectivity index (χ2v) is 7.70. The number of amides is 1. The lowest BCUT2D eigenvalue weighted by molar-refractivity contribution is -0.127. The van der Waals surface area contributed by atoms with Gasteiger partial charge in [-0.15, -0.1) is 0 Å². The van der Waals surface area contributed by atoms with Crippen molar-refractivity contribution in [1.29, 1.82) is 5.26 Å². The fraction of sp³-hybridized carbons (Fsp3) is 0.417. The summed E-state index contributed by atoms with van der Waals surface area (Å²) in [6.45, 7) is 6.57. The molecule has 2 atom stereocenters. The van der Waals surface area contributed by atoms with Crippen molar-refractivity contribution in [3.63, 3.8) is 0 Å². The lowest BCUT2D eigenvalue weighted by Gasteiger charge is -2.33. The van der Waals surface area contributed by atoms with Gasteiger partial charge in [-0.1, -0.05) is 30.7 Å². The first-order chi connectivity index (χ1) is 14.1. The van der Waals surface area contributed by atoms with Crippen molar-refractivity contribution in [2.75, 3.05) is 6.54 Å². The summed E-state index contributed by atoms with van der Waals surface area (Å²) in [5.74, 6) is 0.418. The lowest BCUT2D eigenvalue weighted by Crippen LogP contribution is -2.38. The number of likely N-dealkylation sites (tertiary alicyclic amines) is 1. The highest BCUT2D eigenvalue weighted by Gasteiger charge is 2.20. The largest absolute Gasteiger partial charge is 0.481 e. The van der Waals surface area contributed by atoms with Crippen LogP contribution in [0.1, 0.15) is 49.8 Å². The molecule has 1 fully saturated rings. The molecular formula is C24H29N3O2. The van der Waals surface area contributed by atoms with E-state index in [-0.39, 0.29) is 5.91 Å². The van der Waals surface area contributed by atoms with Crippen LogP contribution in [0.5, 0.6) is 5.75 Å². The zero-order valence-electron chi connectivity index (χ0n) is 17.2. The number of ether oxygens (including phenoxy) is 1. The summed E-state index contributed by atoms with van der Waals surface area (Å²) in [7, 11) is 0. The van der Waals surface area contributed by atoms with Crippen LogP contribution in [-0.4, -0.2) is 29.5 Å². The third kappa shape index (κ3) is 5.82. The van der Waals surface area contributed by atoms with Gasteiger partial charge in [0.1, 0.15) is 5.75 Å². The predicted molar refractivity (Wildman–Crippen MR) is 113 cm³/mol. The molecule has 1 saturated heterocycles. The van der Waals surface area contributed by atoms with Gasteiger partial charge >= 0.3 is 0 Å².